The highest BCUT2D eigenvalue weighted by atomic mass is 16.5. The normalized spacial score (nSPS) is 11.5. The minimum absolute atomic E-state index is 0.0357. The second-order valence-electron chi connectivity index (χ2n) is 12.0. The van der Waals surface area contributed by atoms with Gasteiger partial charge in [-0.25, -0.2) is 0 Å². The molecule has 0 aliphatic carbocycles. The predicted molar refractivity (Wildman–Crippen MR) is 167 cm³/mol. The van der Waals surface area contributed by atoms with E-state index in [1.807, 2.05) is 24.5 Å². The van der Waals surface area contributed by atoms with Crippen molar-refractivity contribution in [2.45, 2.75) is 60.8 Å². The number of aryl methyl sites for hydroxylation is 5. The molecule has 2 aromatic heterocycles. The fourth-order valence-corrected chi connectivity index (χ4v) is 4.96. The van der Waals surface area contributed by atoms with Crippen LogP contribution in [0.25, 0.3) is 33.6 Å². The molecule has 0 aliphatic rings. The minimum Gasteiger partial charge on any atom is -0.457 e. The molecule has 0 spiro atoms. The first kappa shape index (κ1) is 27.3. The van der Waals surface area contributed by atoms with E-state index in [-0.39, 0.29) is 5.41 Å². The SMILES string of the molecule is Cc1ccc(-c2cc(-c3cccc(Oc4cc(-c5cc(C)c(C)cn5)cc(C(C)(C)C)c4)c3)ncc2C)c(C)c1. The number of benzene rings is 3. The molecule has 0 aliphatic heterocycles. The van der Waals surface area contributed by atoms with Crippen LogP contribution in [0.5, 0.6) is 11.5 Å². The number of rotatable bonds is 5. The van der Waals surface area contributed by atoms with Gasteiger partial charge in [0.2, 0.25) is 0 Å². The lowest BCUT2D eigenvalue weighted by atomic mass is 9.85. The first-order valence-electron chi connectivity index (χ1n) is 13.9. The summed E-state index contributed by atoms with van der Waals surface area (Å²) in [5.41, 5.74) is 13.7. The lowest BCUT2D eigenvalue weighted by Gasteiger charge is -2.21. The number of pyridine rings is 2. The third-order valence-corrected chi connectivity index (χ3v) is 7.58. The van der Waals surface area contributed by atoms with Gasteiger partial charge >= 0.3 is 0 Å². The van der Waals surface area contributed by atoms with Crippen LogP contribution in [-0.4, -0.2) is 9.97 Å². The second-order valence-corrected chi connectivity index (χ2v) is 12.0. The van der Waals surface area contributed by atoms with Gasteiger partial charge in [-0.1, -0.05) is 56.7 Å². The van der Waals surface area contributed by atoms with Crippen molar-refractivity contribution in [1.29, 1.82) is 0 Å². The van der Waals surface area contributed by atoms with Crippen molar-refractivity contribution in [2.24, 2.45) is 0 Å². The lowest BCUT2D eigenvalue weighted by molar-refractivity contribution is 0.479. The van der Waals surface area contributed by atoms with Crippen molar-refractivity contribution in [1.82, 2.24) is 9.97 Å². The van der Waals surface area contributed by atoms with E-state index < -0.39 is 0 Å². The van der Waals surface area contributed by atoms with Gasteiger partial charge in [-0.2, -0.15) is 0 Å². The molecule has 40 heavy (non-hydrogen) atoms. The number of hydrogen-bond donors (Lipinski definition) is 0. The zero-order valence-electron chi connectivity index (χ0n) is 24.9. The molecule has 0 fully saturated rings. The average Bonchev–Trinajstić information content (AvgIpc) is 2.90. The Morgan fingerprint density at radius 3 is 1.95 bits per heavy atom. The summed E-state index contributed by atoms with van der Waals surface area (Å²) in [6.07, 6.45) is 3.91. The number of aromatic nitrogens is 2. The van der Waals surface area contributed by atoms with Crippen LogP contribution in [0.15, 0.2) is 85.2 Å². The fraction of sp³-hybridized carbons (Fsp3) is 0.243. The summed E-state index contributed by atoms with van der Waals surface area (Å²) in [6, 6.07) is 25.6. The van der Waals surface area contributed by atoms with E-state index in [9.17, 15) is 0 Å². The van der Waals surface area contributed by atoms with E-state index in [1.54, 1.807) is 0 Å². The van der Waals surface area contributed by atoms with Crippen LogP contribution in [0, 0.1) is 34.6 Å². The van der Waals surface area contributed by atoms with E-state index in [0.717, 1.165) is 39.6 Å². The molecule has 0 bridgehead atoms. The summed E-state index contributed by atoms with van der Waals surface area (Å²) in [7, 11) is 0. The Hall–Kier alpha value is -4.24. The quantitative estimate of drug-likeness (QED) is 0.228. The highest BCUT2D eigenvalue weighted by Gasteiger charge is 2.18. The Morgan fingerprint density at radius 2 is 1.25 bits per heavy atom. The summed E-state index contributed by atoms with van der Waals surface area (Å²) in [6.45, 7) is 17.3. The summed E-state index contributed by atoms with van der Waals surface area (Å²) >= 11 is 0. The fourth-order valence-electron chi connectivity index (χ4n) is 4.96. The maximum absolute atomic E-state index is 6.51. The number of ether oxygens (including phenoxy) is 1. The van der Waals surface area contributed by atoms with Crippen molar-refractivity contribution < 1.29 is 4.74 Å². The van der Waals surface area contributed by atoms with Crippen LogP contribution in [0.2, 0.25) is 0 Å². The highest BCUT2D eigenvalue weighted by Crippen LogP contribution is 2.36. The van der Waals surface area contributed by atoms with E-state index in [2.05, 4.69) is 116 Å². The van der Waals surface area contributed by atoms with E-state index in [0.29, 0.717) is 0 Å². The molecule has 5 aromatic rings. The van der Waals surface area contributed by atoms with Crippen molar-refractivity contribution in [3.8, 4) is 45.1 Å². The third kappa shape index (κ3) is 5.84. The molecule has 3 nitrogen and oxygen atoms in total. The molecule has 0 radical (unpaired) electrons. The van der Waals surface area contributed by atoms with Gasteiger partial charge in [-0.05, 0) is 121 Å². The predicted octanol–water partition coefficient (Wildman–Crippen LogP) is 10.1. The van der Waals surface area contributed by atoms with Gasteiger partial charge in [0, 0.05) is 23.5 Å². The Labute approximate surface area is 238 Å². The van der Waals surface area contributed by atoms with E-state index in [1.165, 1.54) is 38.9 Å². The molecule has 0 unspecified atom stereocenters. The largest absolute Gasteiger partial charge is 0.457 e. The van der Waals surface area contributed by atoms with Gasteiger partial charge < -0.3 is 4.74 Å². The third-order valence-electron chi connectivity index (χ3n) is 7.58. The molecule has 5 rings (SSSR count). The topological polar surface area (TPSA) is 35.0 Å². The molecule has 0 atom stereocenters. The standard InChI is InChI=1S/C37H38N2O/c1-23-12-13-33(25(3)14-23)34-20-36(39-22-27(34)5)28-10-9-11-31(17-28)40-32-18-29(16-30(19-32)37(6,7)8)35-15-24(2)26(4)21-38-35/h9-22H,1-8H3. The molecular formula is C37H38N2O. The molecule has 0 amide bonds. The molecule has 3 aromatic carbocycles. The van der Waals surface area contributed by atoms with Gasteiger partial charge in [0.15, 0.2) is 0 Å². The summed E-state index contributed by atoms with van der Waals surface area (Å²) < 4.78 is 6.51. The van der Waals surface area contributed by atoms with E-state index >= 15 is 0 Å². The van der Waals surface area contributed by atoms with Crippen LogP contribution < -0.4 is 4.74 Å². The van der Waals surface area contributed by atoms with E-state index in [4.69, 9.17) is 14.7 Å². The first-order valence-corrected chi connectivity index (χ1v) is 13.9. The van der Waals surface area contributed by atoms with Crippen molar-refractivity contribution in [2.75, 3.05) is 0 Å². The lowest BCUT2D eigenvalue weighted by Crippen LogP contribution is -2.11. The zero-order valence-corrected chi connectivity index (χ0v) is 24.9. The van der Waals surface area contributed by atoms with Crippen LogP contribution in [0.4, 0.5) is 0 Å². The maximum atomic E-state index is 6.51. The highest BCUT2D eigenvalue weighted by molar-refractivity contribution is 5.75. The molecule has 202 valence electrons. The Balaban J connectivity index is 1.51. The second kappa shape index (κ2) is 10.7. The molecule has 2 heterocycles. The molecule has 0 saturated carbocycles. The minimum atomic E-state index is -0.0357. The smallest absolute Gasteiger partial charge is 0.128 e. The van der Waals surface area contributed by atoms with Crippen LogP contribution in [-0.2, 0) is 5.41 Å². The monoisotopic (exact) mass is 526 g/mol. The first-order chi connectivity index (χ1) is 19.0. The van der Waals surface area contributed by atoms with Gasteiger partial charge in [-0.15, -0.1) is 0 Å². The van der Waals surface area contributed by atoms with Crippen molar-refractivity contribution in [3.05, 3.63) is 119 Å². The Bertz CT molecular complexity index is 1710. The summed E-state index contributed by atoms with van der Waals surface area (Å²) in [5.74, 6) is 1.57. The summed E-state index contributed by atoms with van der Waals surface area (Å²) in [5, 5.41) is 0. The van der Waals surface area contributed by atoms with Gasteiger partial charge in [0.25, 0.3) is 0 Å². The molecule has 3 heteroatoms. The van der Waals surface area contributed by atoms with Gasteiger partial charge in [-0.3, -0.25) is 9.97 Å². The maximum Gasteiger partial charge on any atom is 0.128 e. The molecule has 0 saturated heterocycles. The number of nitrogens with zero attached hydrogens (tertiary/aromatic N) is 2. The summed E-state index contributed by atoms with van der Waals surface area (Å²) in [4.78, 5) is 9.50. The average molecular weight is 527 g/mol. The van der Waals surface area contributed by atoms with Crippen molar-refractivity contribution >= 4 is 0 Å². The van der Waals surface area contributed by atoms with Crippen LogP contribution in [0.1, 0.15) is 54.2 Å². The Kier molecular flexibility index (Phi) is 7.33. The Morgan fingerprint density at radius 1 is 0.550 bits per heavy atom. The van der Waals surface area contributed by atoms with Crippen LogP contribution in [0.3, 0.4) is 0 Å². The number of hydrogen-bond acceptors (Lipinski definition) is 3. The van der Waals surface area contributed by atoms with Gasteiger partial charge in [0.1, 0.15) is 11.5 Å². The zero-order chi connectivity index (χ0) is 28.6. The van der Waals surface area contributed by atoms with Gasteiger partial charge in [0.05, 0.1) is 11.4 Å². The van der Waals surface area contributed by atoms with Crippen LogP contribution >= 0.6 is 0 Å². The molecular weight excluding hydrogens is 488 g/mol. The van der Waals surface area contributed by atoms with Crippen molar-refractivity contribution in [3.63, 3.8) is 0 Å². The molecule has 0 N–H and O–H groups in total.